The molecule has 0 unspecified atom stereocenters. The van der Waals surface area contributed by atoms with Crippen LogP contribution in [0.15, 0.2) is 12.4 Å². The Balaban J connectivity index is 2.45. The highest BCUT2D eigenvalue weighted by Crippen LogP contribution is 2.03. The lowest BCUT2D eigenvalue weighted by atomic mass is 10.5. The van der Waals surface area contributed by atoms with Gasteiger partial charge in [0, 0.05) is 12.6 Å². The standard InChI is InChI=1S/C7H13N5O2S/c1-9-15(13,14)3-2-10-7-4-6(8)11-5-12-7/h4-5,9H,2-3H2,1H3,(H3,8,10,11,12). The van der Waals surface area contributed by atoms with Crippen molar-refractivity contribution in [2.24, 2.45) is 0 Å². The Kier molecular flexibility index (Phi) is 3.81. The van der Waals surface area contributed by atoms with Crippen molar-refractivity contribution in [3.05, 3.63) is 12.4 Å². The first-order valence-corrected chi connectivity index (χ1v) is 5.91. The van der Waals surface area contributed by atoms with Gasteiger partial charge in [0.1, 0.15) is 18.0 Å². The van der Waals surface area contributed by atoms with Crippen molar-refractivity contribution in [3.8, 4) is 0 Å². The zero-order valence-corrected chi connectivity index (χ0v) is 9.08. The van der Waals surface area contributed by atoms with E-state index in [0.717, 1.165) is 0 Å². The van der Waals surface area contributed by atoms with Crippen molar-refractivity contribution in [3.63, 3.8) is 0 Å². The second-order valence-electron chi connectivity index (χ2n) is 2.78. The Labute approximate surface area is 88.2 Å². The summed E-state index contributed by atoms with van der Waals surface area (Å²) in [6, 6.07) is 1.53. The van der Waals surface area contributed by atoms with Crippen LogP contribution in [0.4, 0.5) is 11.6 Å². The summed E-state index contributed by atoms with van der Waals surface area (Å²) in [5.41, 5.74) is 5.42. The van der Waals surface area contributed by atoms with Crippen LogP contribution < -0.4 is 15.8 Å². The SMILES string of the molecule is CNS(=O)(=O)CCNc1cc(N)ncn1. The first-order chi connectivity index (χ1) is 7.03. The van der Waals surface area contributed by atoms with Crippen molar-refractivity contribution < 1.29 is 8.42 Å². The van der Waals surface area contributed by atoms with E-state index in [1.807, 2.05) is 0 Å². The van der Waals surface area contributed by atoms with Gasteiger partial charge in [0.25, 0.3) is 0 Å². The Bertz CT molecular complexity index is 419. The van der Waals surface area contributed by atoms with Gasteiger partial charge in [-0.05, 0) is 7.05 Å². The monoisotopic (exact) mass is 231 g/mol. The molecule has 0 aliphatic rings. The third-order valence-corrected chi connectivity index (χ3v) is 3.04. The Morgan fingerprint density at radius 1 is 1.47 bits per heavy atom. The molecule has 0 amide bonds. The molecule has 0 fully saturated rings. The van der Waals surface area contributed by atoms with Crippen molar-refractivity contribution in [1.82, 2.24) is 14.7 Å². The third kappa shape index (κ3) is 4.09. The lowest BCUT2D eigenvalue weighted by molar-refractivity contribution is 0.588. The maximum absolute atomic E-state index is 11.0. The van der Waals surface area contributed by atoms with Crippen molar-refractivity contribution in [2.45, 2.75) is 0 Å². The van der Waals surface area contributed by atoms with Crippen LogP contribution in [0.25, 0.3) is 0 Å². The largest absolute Gasteiger partial charge is 0.384 e. The van der Waals surface area contributed by atoms with Gasteiger partial charge in [-0.1, -0.05) is 0 Å². The van der Waals surface area contributed by atoms with E-state index in [0.29, 0.717) is 11.6 Å². The van der Waals surface area contributed by atoms with Gasteiger partial charge in [-0.15, -0.1) is 0 Å². The second kappa shape index (κ2) is 4.89. The fourth-order valence-electron chi connectivity index (χ4n) is 0.885. The van der Waals surface area contributed by atoms with E-state index in [1.54, 1.807) is 0 Å². The van der Waals surface area contributed by atoms with E-state index in [1.165, 1.54) is 19.4 Å². The topological polar surface area (TPSA) is 110 Å². The average molecular weight is 231 g/mol. The number of nitrogens with one attached hydrogen (secondary N) is 2. The van der Waals surface area contributed by atoms with E-state index >= 15 is 0 Å². The first-order valence-electron chi connectivity index (χ1n) is 4.26. The normalized spacial score (nSPS) is 11.3. The fourth-order valence-corrected chi connectivity index (χ4v) is 1.46. The van der Waals surface area contributed by atoms with Gasteiger partial charge in [0.15, 0.2) is 0 Å². The molecule has 1 aromatic rings. The summed E-state index contributed by atoms with van der Waals surface area (Å²) in [5.74, 6) is 0.825. The van der Waals surface area contributed by atoms with Crippen LogP contribution in [-0.2, 0) is 10.0 Å². The molecule has 0 aromatic carbocycles. The molecule has 0 radical (unpaired) electrons. The molecule has 0 spiro atoms. The van der Waals surface area contributed by atoms with E-state index in [4.69, 9.17) is 5.73 Å². The minimum atomic E-state index is -3.19. The maximum Gasteiger partial charge on any atom is 0.213 e. The van der Waals surface area contributed by atoms with Crippen molar-refractivity contribution in [2.75, 3.05) is 30.4 Å². The average Bonchev–Trinajstić information content (AvgIpc) is 2.18. The molecular weight excluding hydrogens is 218 g/mol. The number of aromatic nitrogens is 2. The molecule has 8 heteroatoms. The summed E-state index contributed by atoms with van der Waals surface area (Å²) in [7, 11) is -1.81. The predicted molar refractivity (Wildman–Crippen MR) is 57.8 cm³/mol. The lowest BCUT2D eigenvalue weighted by Crippen LogP contribution is -2.26. The van der Waals surface area contributed by atoms with Gasteiger partial charge in [0.2, 0.25) is 10.0 Å². The minimum Gasteiger partial charge on any atom is -0.384 e. The Hall–Kier alpha value is -1.41. The van der Waals surface area contributed by atoms with Gasteiger partial charge >= 0.3 is 0 Å². The molecule has 0 saturated carbocycles. The smallest absolute Gasteiger partial charge is 0.213 e. The van der Waals surface area contributed by atoms with Crippen molar-refractivity contribution in [1.29, 1.82) is 0 Å². The maximum atomic E-state index is 11.0. The first kappa shape index (κ1) is 11.7. The Morgan fingerprint density at radius 2 is 2.20 bits per heavy atom. The van der Waals surface area contributed by atoms with Crippen LogP contribution in [0.1, 0.15) is 0 Å². The lowest BCUT2D eigenvalue weighted by Gasteiger charge is -2.05. The molecular formula is C7H13N5O2S. The molecule has 1 heterocycles. The molecule has 4 N–H and O–H groups in total. The quantitative estimate of drug-likeness (QED) is 0.601. The molecule has 0 aliphatic heterocycles. The summed E-state index contributed by atoms with van der Waals surface area (Å²) in [5, 5.41) is 2.83. The highest BCUT2D eigenvalue weighted by molar-refractivity contribution is 7.89. The van der Waals surface area contributed by atoms with Crippen LogP contribution in [0, 0.1) is 0 Å². The van der Waals surface area contributed by atoms with E-state index < -0.39 is 10.0 Å². The van der Waals surface area contributed by atoms with Gasteiger partial charge in [-0.25, -0.2) is 23.1 Å². The molecule has 15 heavy (non-hydrogen) atoms. The highest BCUT2D eigenvalue weighted by Gasteiger charge is 2.05. The van der Waals surface area contributed by atoms with E-state index in [-0.39, 0.29) is 12.3 Å². The summed E-state index contributed by atoms with van der Waals surface area (Å²) in [6.07, 6.45) is 1.31. The molecule has 0 atom stereocenters. The number of hydrogen-bond acceptors (Lipinski definition) is 6. The summed E-state index contributed by atoms with van der Waals surface area (Å²) < 4.78 is 24.3. The second-order valence-corrected chi connectivity index (χ2v) is 4.82. The highest BCUT2D eigenvalue weighted by atomic mass is 32.2. The van der Waals surface area contributed by atoms with Gasteiger partial charge in [0.05, 0.1) is 5.75 Å². The van der Waals surface area contributed by atoms with Gasteiger partial charge < -0.3 is 11.1 Å². The Morgan fingerprint density at radius 3 is 2.80 bits per heavy atom. The molecule has 0 aliphatic carbocycles. The molecule has 0 saturated heterocycles. The van der Waals surface area contributed by atoms with Gasteiger partial charge in [-0.2, -0.15) is 0 Å². The molecule has 0 bridgehead atoms. The number of nitrogens with zero attached hydrogens (tertiary/aromatic N) is 2. The minimum absolute atomic E-state index is 0.0204. The van der Waals surface area contributed by atoms with E-state index in [9.17, 15) is 8.42 Å². The number of anilines is 2. The number of nitrogens with two attached hydrogens (primary N) is 1. The van der Waals surface area contributed by atoms with Crippen LogP contribution in [0.2, 0.25) is 0 Å². The van der Waals surface area contributed by atoms with Gasteiger partial charge in [-0.3, -0.25) is 0 Å². The summed E-state index contributed by atoms with van der Waals surface area (Å²) in [4.78, 5) is 7.58. The molecule has 7 nitrogen and oxygen atoms in total. The molecule has 1 rings (SSSR count). The summed E-state index contributed by atoms with van der Waals surface area (Å²) in [6.45, 7) is 0.264. The molecule has 1 aromatic heterocycles. The number of sulfonamides is 1. The van der Waals surface area contributed by atoms with Crippen LogP contribution in [-0.4, -0.2) is 37.7 Å². The molecule has 84 valence electrons. The predicted octanol–water partition coefficient (Wildman–Crippen LogP) is -0.980. The van der Waals surface area contributed by atoms with Crippen LogP contribution >= 0.6 is 0 Å². The zero-order valence-electron chi connectivity index (χ0n) is 8.27. The zero-order chi connectivity index (χ0) is 11.3. The van der Waals surface area contributed by atoms with E-state index in [2.05, 4.69) is 20.0 Å². The summed E-state index contributed by atoms with van der Waals surface area (Å²) >= 11 is 0. The van der Waals surface area contributed by atoms with Crippen LogP contribution in [0.3, 0.4) is 0 Å². The third-order valence-electron chi connectivity index (χ3n) is 1.68. The van der Waals surface area contributed by atoms with Crippen molar-refractivity contribution >= 4 is 21.7 Å². The fraction of sp³-hybridized carbons (Fsp3) is 0.429. The number of nitrogen functional groups attached to an aromatic ring is 1. The number of rotatable bonds is 5. The van der Waals surface area contributed by atoms with Crippen LogP contribution in [0.5, 0.6) is 0 Å². The number of hydrogen-bond donors (Lipinski definition) is 3.